The minimum absolute atomic E-state index is 0.0712. The van der Waals surface area contributed by atoms with Crippen LogP contribution in [0.1, 0.15) is 38.8 Å². The third-order valence-corrected chi connectivity index (χ3v) is 8.48. The van der Waals surface area contributed by atoms with Gasteiger partial charge in [-0.2, -0.15) is 0 Å². The third-order valence-electron chi connectivity index (χ3n) is 7.17. The highest BCUT2D eigenvalue weighted by Gasteiger charge is 2.61. The monoisotopic (exact) mass is 702 g/mol. The number of hydrogen-bond donors (Lipinski definition) is 2. The van der Waals surface area contributed by atoms with Gasteiger partial charge in [-0.15, -0.1) is 0 Å². The summed E-state index contributed by atoms with van der Waals surface area (Å²) in [4.78, 5) is 49.6. The van der Waals surface area contributed by atoms with Gasteiger partial charge in [0.25, 0.3) is 5.56 Å². The molecule has 1 aliphatic heterocycles. The molecule has 19 nitrogen and oxygen atoms in total. The standard InChI is InChI=1S/C26H40FN2O17P/c1-25(21(31)29-9-6-19(30)28-22(29)32)20(45-26(46-25)7-4-5-8-26)18(14-27)15-42-47(35,43-16-40-23(33)38-12-10-36-2)44-17-41-24(34)39-13-11-37-3/h6,9,18,20-21,31H,4-5,7-8,10-17H2,1-3H3,(H,28,30,32)/t18-,20+,21+,25+/m0/s1. The van der Waals surface area contributed by atoms with Crippen molar-refractivity contribution in [3.05, 3.63) is 33.1 Å². The largest absolute Gasteiger partial charge is 0.510 e. The number of aliphatic hydroxyl groups excluding tert-OH is 1. The Kier molecular flexibility index (Phi) is 14.7. The summed E-state index contributed by atoms with van der Waals surface area (Å²) in [6.45, 7) is -2.78. The smallest absolute Gasteiger partial charge is 0.432 e. The number of H-pyrrole nitrogens is 1. The maximum absolute atomic E-state index is 14.7. The normalized spacial score (nSPS) is 21.8. The molecule has 0 bridgehead atoms. The molecule has 1 aliphatic carbocycles. The Morgan fingerprint density at radius 2 is 1.60 bits per heavy atom. The van der Waals surface area contributed by atoms with E-state index in [-0.39, 0.29) is 26.4 Å². The first-order chi connectivity index (χ1) is 22.4. The molecular weight excluding hydrogens is 662 g/mol. The number of phosphoric acid groups is 1. The van der Waals surface area contributed by atoms with Crippen molar-refractivity contribution in [1.82, 2.24) is 9.55 Å². The predicted molar refractivity (Wildman–Crippen MR) is 152 cm³/mol. The van der Waals surface area contributed by atoms with Crippen LogP contribution in [0, 0.1) is 5.92 Å². The molecule has 0 radical (unpaired) electrons. The first-order valence-corrected chi connectivity index (χ1v) is 15.9. The van der Waals surface area contributed by atoms with Gasteiger partial charge in [0, 0.05) is 45.2 Å². The van der Waals surface area contributed by atoms with Crippen LogP contribution in [-0.4, -0.2) is 112 Å². The number of ether oxygens (including phenoxy) is 8. The lowest BCUT2D eigenvalue weighted by Crippen LogP contribution is -2.52. The molecular formula is C26H40FN2O17P. The summed E-state index contributed by atoms with van der Waals surface area (Å²) in [5, 5.41) is 11.4. The number of nitrogens with one attached hydrogen (secondary N) is 1. The summed E-state index contributed by atoms with van der Waals surface area (Å²) in [6, 6.07) is 1.01. The number of aromatic amines is 1. The molecule has 2 fully saturated rings. The Hall–Kier alpha value is -2.94. The minimum Gasteiger partial charge on any atom is -0.432 e. The average molecular weight is 703 g/mol. The van der Waals surface area contributed by atoms with Crippen LogP contribution in [0.4, 0.5) is 14.0 Å². The maximum Gasteiger partial charge on any atom is 0.510 e. The van der Waals surface area contributed by atoms with Crippen molar-refractivity contribution in [2.24, 2.45) is 5.92 Å². The quantitative estimate of drug-likeness (QED) is 0.0905. The molecule has 1 aromatic heterocycles. The van der Waals surface area contributed by atoms with Gasteiger partial charge >= 0.3 is 25.8 Å². The molecule has 2 heterocycles. The molecule has 2 N–H and O–H groups in total. The second-order valence-electron chi connectivity index (χ2n) is 10.5. The number of nitrogens with zero attached hydrogens (tertiary/aromatic N) is 1. The summed E-state index contributed by atoms with van der Waals surface area (Å²) in [5.74, 6) is -2.57. The Balaban J connectivity index is 1.77. The van der Waals surface area contributed by atoms with Gasteiger partial charge in [0.1, 0.15) is 24.9 Å². The summed E-state index contributed by atoms with van der Waals surface area (Å²) in [5.41, 5.74) is -3.47. The van der Waals surface area contributed by atoms with Crippen LogP contribution in [0.5, 0.6) is 0 Å². The number of carbonyl (C=O) groups excluding carboxylic acids is 2. The average Bonchev–Trinajstić information content (AvgIpc) is 3.60. The van der Waals surface area contributed by atoms with E-state index in [4.69, 9.17) is 42.0 Å². The molecule has 0 amide bonds. The van der Waals surface area contributed by atoms with E-state index >= 15 is 0 Å². The van der Waals surface area contributed by atoms with Crippen molar-refractivity contribution in [2.75, 3.05) is 67.5 Å². The summed E-state index contributed by atoms with van der Waals surface area (Å²) in [7, 11) is -2.05. The molecule has 4 atom stereocenters. The first-order valence-electron chi connectivity index (χ1n) is 14.4. The van der Waals surface area contributed by atoms with E-state index in [0.29, 0.717) is 25.7 Å². The lowest BCUT2D eigenvalue weighted by molar-refractivity contribution is -0.208. The number of carbonyl (C=O) groups is 2. The zero-order chi connectivity index (χ0) is 34.5. The molecule has 1 aromatic rings. The highest BCUT2D eigenvalue weighted by Crippen LogP contribution is 2.53. The molecule has 1 saturated heterocycles. The van der Waals surface area contributed by atoms with Gasteiger partial charge in [0.2, 0.25) is 13.6 Å². The summed E-state index contributed by atoms with van der Waals surface area (Å²) in [6.07, 6.45) is -2.30. The van der Waals surface area contributed by atoms with E-state index in [1.54, 1.807) is 0 Å². The van der Waals surface area contributed by atoms with Crippen LogP contribution >= 0.6 is 7.82 Å². The molecule has 2 aliphatic rings. The Morgan fingerprint density at radius 1 is 1.02 bits per heavy atom. The Labute approximate surface area is 268 Å². The molecule has 47 heavy (non-hydrogen) atoms. The van der Waals surface area contributed by atoms with E-state index in [1.807, 2.05) is 4.98 Å². The number of hydrogen-bond acceptors (Lipinski definition) is 17. The second-order valence-corrected chi connectivity index (χ2v) is 12.1. The van der Waals surface area contributed by atoms with Gasteiger partial charge in [0.15, 0.2) is 12.0 Å². The van der Waals surface area contributed by atoms with Gasteiger partial charge < -0.3 is 43.0 Å². The summed E-state index contributed by atoms with van der Waals surface area (Å²) >= 11 is 0. The van der Waals surface area contributed by atoms with Crippen molar-refractivity contribution in [2.45, 2.75) is 56.3 Å². The van der Waals surface area contributed by atoms with Crippen LogP contribution in [0.2, 0.25) is 0 Å². The van der Waals surface area contributed by atoms with Crippen molar-refractivity contribution in [3.63, 3.8) is 0 Å². The fourth-order valence-corrected chi connectivity index (χ4v) is 5.88. The summed E-state index contributed by atoms with van der Waals surface area (Å²) < 4.78 is 85.1. The van der Waals surface area contributed by atoms with Crippen molar-refractivity contribution in [1.29, 1.82) is 0 Å². The van der Waals surface area contributed by atoms with Crippen LogP contribution in [-0.2, 0) is 56.0 Å². The van der Waals surface area contributed by atoms with E-state index in [1.165, 1.54) is 21.1 Å². The van der Waals surface area contributed by atoms with Crippen LogP contribution < -0.4 is 11.2 Å². The first kappa shape index (κ1) is 38.5. The molecule has 0 aromatic carbocycles. The topological polar surface area (TPSA) is 228 Å². The molecule has 1 spiro atoms. The van der Waals surface area contributed by atoms with Crippen LogP contribution in [0.3, 0.4) is 0 Å². The number of alkyl halides is 1. The zero-order valence-corrected chi connectivity index (χ0v) is 27.0. The Morgan fingerprint density at radius 3 is 2.11 bits per heavy atom. The second kappa shape index (κ2) is 18.0. The van der Waals surface area contributed by atoms with E-state index in [9.17, 15) is 33.2 Å². The fourth-order valence-electron chi connectivity index (χ4n) is 4.91. The van der Waals surface area contributed by atoms with Gasteiger partial charge in [-0.3, -0.25) is 23.3 Å². The molecule has 21 heteroatoms. The third kappa shape index (κ3) is 10.8. The van der Waals surface area contributed by atoms with Crippen molar-refractivity contribution in [3.8, 4) is 0 Å². The molecule has 268 valence electrons. The van der Waals surface area contributed by atoms with Crippen LogP contribution in [0.15, 0.2) is 21.9 Å². The molecule has 1 saturated carbocycles. The lowest BCUT2D eigenvalue weighted by atomic mass is 9.87. The van der Waals surface area contributed by atoms with E-state index < -0.39 is 87.9 Å². The maximum atomic E-state index is 14.7. The number of methoxy groups -OCH3 is 2. The lowest BCUT2D eigenvalue weighted by Gasteiger charge is -2.37. The highest BCUT2D eigenvalue weighted by atomic mass is 31.2. The number of halogens is 1. The number of aliphatic hydroxyl groups is 1. The molecule has 0 unspecified atom stereocenters. The Bertz CT molecular complexity index is 1290. The van der Waals surface area contributed by atoms with Gasteiger partial charge in [-0.25, -0.2) is 28.0 Å². The number of aromatic nitrogens is 2. The fraction of sp³-hybridized carbons (Fsp3) is 0.769. The van der Waals surface area contributed by atoms with E-state index in [0.717, 1.165) is 16.8 Å². The molecule has 3 rings (SSSR count). The van der Waals surface area contributed by atoms with Crippen LogP contribution in [0.25, 0.3) is 0 Å². The van der Waals surface area contributed by atoms with E-state index in [2.05, 4.69) is 9.47 Å². The number of rotatable bonds is 19. The van der Waals surface area contributed by atoms with Gasteiger partial charge in [-0.1, -0.05) is 0 Å². The van der Waals surface area contributed by atoms with Crippen molar-refractivity contribution >= 4 is 20.1 Å². The van der Waals surface area contributed by atoms with Gasteiger partial charge in [-0.05, 0) is 19.8 Å². The van der Waals surface area contributed by atoms with Gasteiger partial charge in [0.05, 0.1) is 26.5 Å². The van der Waals surface area contributed by atoms with Crippen molar-refractivity contribution < 1.29 is 75.1 Å². The number of phosphoric ester groups is 1. The SMILES string of the molecule is COCCOC(=O)OCOP(=O)(OCOC(=O)OCCOC)OC[C@H](CF)[C@H]1OC2(CCCC2)O[C@@]1(C)[C@@H](O)n1ccc(=O)[nH]c1=O. The highest BCUT2D eigenvalue weighted by molar-refractivity contribution is 7.48. The zero-order valence-electron chi connectivity index (χ0n) is 26.1. The minimum atomic E-state index is -4.81. The predicted octanol–water partition coefficient (Wildman–Crippen LogP) is 1.73.